The van der Waals surface area contributed by atoms with Crippen LogP contribution < -0.4 is 0 Å². The Hall–Kier alpha value is -1.31. The molecule has 0 atom stereocenters. The fourth-order valence-corrected chi connectivity index (χ4v) is 1.95. The highest BCUT2D eigenvalue weighted by Crippen LogP contribution is 2.28. The van der Waals surface area contributed by atoms with Gasteiger partial charge in [0.05, 0.1) is 6.26 Å². The Morgan fingerprint density at radius 1 is 1.33 bits per heavy atom. The number of nitrogens with zero attached hydrogens (tertiary/aromatic N) is 1. The van der Waals surface area contributed by atoms with Gasteiger partial charge in [0.25, 0.3) is 0 Å². The molecule has 0 saturated carbocycles. The number of hydrogen-bond donors (Lipinski definition) is 0. The van der Waals surface area contributed by atoms with Crippen molar-refractivity contribution in [1.29, 1.82) is 0 Å². The number of furan rings is 1. The normalized spacial score (nSPS) is 15.3. The summed E-state index contributed by atoms with van der Waals surface area (Å²) in [6.45, 7) is 0. The Morgan fingerprint density at radius 2 is 2.33 bits per heavy atom. The minimum atomic E-state index is 0.996. The first-order valence-electron chi connectivity index (χ1n) is 4.29. The molecule has 2 aromatic rings. The van der Waals surface area contributed by atoms with Crippen LogP contribution in [0.5, 0.6) is 0 Å². The van der Waals surface area contributed by atoms with Crippen molar-refractivity contribution in [2.45, 2.75) is 19.3 Å². The van der Waals surface area contributed by atoms with Crippen molar-refractivity contribution >= 4 is 11.1 Å². The standard InChI is InChI=1S/C10H9NO/c1-2-7-6-11-9-4-5-12-10(9)8(7)3-1/h4-6H,1-3H2. The maximum Gasteiger partial charge on any atom is 0.155 e. The fraction of sp³-hybridized carbons (Fsp3) is 0.300. The van der Waals surface area contributed by atoms with E-state index in [-0.39, 0.29) is 0 Å². The molecule has 0 amide bonds. The fourth-order valence-electron chi connectivity index (χ4n) is 1.95. The zero-order valence-corrected chi connectivity index (χ0v) is 6.71. The van der Waals surface area contributed by atoms with Crippen LogP contribution in [0.1, 0.15) is 17.5 Å². The monoisotopic (exact) mass is 159 g/mol. The summed E-state index contributed by atoms with van der Waals surface area (Å²) < 4.78 is 5.40. The topological polar surface area (TPSA) is 26.0 Å². The lowest BCUT2D eigenvalue weighted by atomic mass is 10.1. The Balaban J connectivity index is 2.46. The van der Waals surface area contributed by atoms with Crippen LogP contribution >= 0.6 is 0 Å². The van der Waals surface area contributed by atoms with Gasteiger partial charge in [0.2, 0.25) is 0 Å². The highest BCUT2D eigenvalue weighted by atomic mass is 16.3. The molecule has 2 heterocycles. The third-order valence-electron chi connectivity index (χ3n) is 2.54. The Bertz CT molecular complexity index is 430. The van der Waals surface area contributed by atoms with Crippen molar-refractivity contribution < 1.29 is 4.42 Å². The summed E-state index contributed by atoms with van der Waals surface area (Å²) in [5.74, 6) is 0. The van der Waals surface area contributed by atoms with E-state index in [1.165, 1.54) is 24.0 Å². The van der Waals surface area contributed by atoms with E-state index in [4.69, 9.17) is 4.42 Å². The highest BCUT2D eigenvalue weighted by Gasteiger charge is 2.16. The number of rotatable bonds is 0. The van der Waals surface area contributed by atoms with Crippen molar-refractivity contribution in [1.82, 2.24) is 4.98 Å². The lowest BCUT2D eigenvalue weighted by molar-refractivity contribution is 0.611. The van der Waals surface area contributed by atoms with Gasteiger partial charge in [0.15, 0.2) is 5.58 Å². The summed E-state index contributed by atoms with van der Waals surface area (Å²) in [5, 5.41) is 0. The molecule has 0 aliphatic heterocycles. The number of pyridine rings is 1. The van der Waals surface area contributed by atoms with Gasteiger partial charge >= 0.3 is 0 Å². The highest BCUT2D eigenvalue weighted by molar-refractivity contribution is 5.77. The first-order valence-corrected chi connectivity index (χ1v) is 4.29. The molecule has 0 unspecified atom stereocenters. The van der Waals surface area contributed by atoms with E-state index < -0.39 is 0 Å². The minimum Gasteiger partial charge on any atom is -0.462 e. The van der Waals surface area contributed by atoms with Crippen LogP contribution in [-0.4, -0.2) is 4.98 Å². The van der Waals surface area contributed by atoms with E-state index in [9.17, 15) is 0 Å². The van der Waals surface area contributed by atoms with Crippen molar-refractivity contribution in [3.8, 4) is 0 Å². The molecule has 2 nitrogen and oxygen atoms in total. The van der Waals surface area contributed by atoms with E-state index in [0.717, 1.165) is 17.5 Å². The SMILES string of the molecule is c1cc2ncc3c(c2o1)CCC3. The molecule has 3 rings (SSSR count). The summed E-state index contributed by atoms with van der Waals surface area (Å²) in [6.07, 6.45) is 7.27. The molecule has 0 N–H and O–H groups in total. The first kappa shape index (κ1) is 6.23. The second-order valence-corrected chi connectivity index (χ2v) is 3.25. The average Bonchev–Trinajstić information content (AvgIpc) is 2.71. The van der Waals surface area contributed by atoms with E-state index in [1.807, 2.05) is 12.3 Å². The minimum absolute atomic E-state index is 0.996. The van der Waals surface area contributed by atoms with Gasteiger partial charge < -0.3 is 4.42 Å². The van der Waals surface area contributed by atoms with Crippen molar-refractivity contribution in [2.24, 2.45) is 0 Å². The smallest absolute Gasteiger partial charge is 0.155 e. The zero-order chi connectivity index (χ0) is 7.97. The molecule has 60 valence electrons. The van der Waals surface area contributed by atoms with Gasteiger partial charge in [-0.3, -0.25) is 4.98 Å². The summed E-state index contributed by atoms with van der Waals surface area (Å²) in [7, 11) is 0. The molecule has 0 spiro atoms. The number of aromatic nitrogens is 1. The van der Waals surface area contributed by atoms with Gasteiger partial charge in [-0.25, -0.2) is 0 Å². The summed E-state index contributed by atoms with van der Waals surface area (Å²) in [6, 6.07) is 1.92. The average molecular weight is 159 g/mol. The van der Waals surface area contributed by atoms with Crippen LogP contribution in [0.25, 0.3) is 11.1 Å². The molecule has 12 heavy (non-hydrogen) atoms. The van der Waals surface area contributed by atoms with Gasteiger partial charge in [-0.15, -0.1) is 0 Å². The maximum atomic E-state index is 5.40. The van der Waals surface area contributed by atoms with Gasteiger partial charge in [-0.2, -0.15) is 0 Å². The molecule has 1 aliphatic rings. The Kier molecular flexibility index (Phi) is 1.09. The molecular weight excluding hydrogens is 150 g/mol. The van der Waals surface area contributed by atoms with Crippen LogP contribution in [0.15, 0.2) is 22.9 Å². The van der Waals surface area contributed by atoms with Gasteiger partial charge in [-0.05, 0) is 24.8 Å². The quantitative estimate of drug-likeness (QED) is 0.589. The molecule has 0 fully saturated rings. The molecule has 1 aliphatic carbocycles. The summed E-state index contributed by atoms with van der Waals surface area (Å²) in [4.78, 5) is 4.32. The molecule has 2 aromatic heterocycles. The summed E-state index contributed by atoms with van der Waals surface area (Å²) >= 11 is 0. The van der Waals surface area contributed by atoms with Crippen LogP contribution in [-0.2, 0) is 12.8 Å². The van der Waals surface area contributed by atoms with Gasteiger partial charge in [-0.1, -0.05) is 0 Å². The van der Waals surface area contributed by atoms with E-state index in [0.29, 0.717) is 0 Å². The van der Waals surface area contributed by atoms with Crippen LogP contribution in [0, 0.1) is 0 Å². The van der Waals surface area contributed by atoms with Crippen molar-refractivity contribution in [2.75, 3.05) is 0 Å². The lowest BCUT2D eigenvalue weighted by Crippen LogP contribution is -1.84. The second-order valence-electron chi connectivity index (χ2n) is 3.25. The van der Waals surface area contributed by atoms with Crippen LogP contribution in [0.2, 0.25) is 0 Å². The Morgan fingerprint density at radius 3 is 3.33 bits per heavy atom. The van der Waals surface area contributed by atoms with Gasteiger partial charge in [0, 0.05) is 17.8 Å². The van der Waals surface area contributed by atoms with E-state index in [2.05, 4.69) is 4.98 Å². The third kappa shape index (κ3) is 0.670. The van der Waals surface area contributed by atoms with Gasteiger partial charge in [0.1, 0.15) is 5.52 Å². The predicted octanol–water partition coefficient (Wildman–Crippen LogP) is 2.32. The first-order chi connectivity index (χ1) is 5.95. The molecule has 0 bridgehead atoms. The number of aryl methyl sites for hydroxylation is 2. The summed E-state index contributed by atoms with van der Waals surface area (Å²) in [5.41, 5.74) is 4.75. The van der Waals surface area contributed by atoms with Crippen molar-refractivity contribution in [3.05, 3.63) is 29.7 Å². The molecule has 2 heteroatoms. The molecular formula is C10H9NO. The second kappa shape index (κ2) is 2.09. The molecule has 0 aromatic carbocycles. The number of fused-ring (bicyclic) bond motifs is 3. The molecule has 0 saturated heterocycles. The van der Waals surface area contributed by atoms with Crippen LogP contribution in [0.3, 0.4) is 0 Å². The third-order valence-corrected chi connectivity index (χ3v) is 2.54. The predicted molar refractivity (Wildman–Crippen MR) is 46.0 cm³/mol. The van der Waals surface area contributed by atoms with E-state index >= 15 is 0 Å². The maximum absolute atomic E-state index is 5.40. The zero-order valence-electron chi connectivity index (χ0n) is 6.71. The Labute approximate surface area is 70.2 Å². The molecule has 0 radical (unpaired) electrons. The number of hydrogen-bond acceptors (Lipinski definition) is 2. The lowest BCUT2D eigenvalue weighted by Gasteiger charge is -1.96. The van der Waals surface area contributed by atoms with Crippen LogP contribution in [0.4, 0.5) is 0 Å². The largest absolute Gasteiger partial charge is 0.462 e. The van der Waals surface area contributed by atoms with Crippen molar-refractivity contribution in [3.63, 3.8) is 0 Å². The van der Waals surface area contributed by atoms with E-state index in [1.54, 1.807) is 6.26 Å².